The maximum absolute atomic E-state index is 12.6. The quantitative estimate of drug-likeness (QED) is 0.565. The Balaban J connectivity index is 1.68. The van der Waals surface area contributed by atoms with Crippen LogP contribution in [0.25, 0.3) is 10.4 Å². The highest BCUT2D eigenvalue weighted by atomic mass is 32.1. The molecular weight excluding hydrogens is 398 g/mol. The van der Waals surface area contributed by atoms with Gasteiger partial charge in [0.05, 0.1) is 7.11 Å². The summed E-state index contributed by atoms with van der Waals surface area (Å²) in [6.45, 7) is 9.44. The van der Waals surface area contributed by atoms with Gasteiger partial charge in [-0.05, 0) is 65.6 Å². The van der Waals surface area contributed by atoms with Crippen molar-refractivity contribution in [2.75, 3.05) is 26.8 Å². The van der Waals surface area contributed by atoms with Crippen LogP contribution in [-0.2, 0) is 22.4 Å². The third-order valence-corrected chi connectivity index (χ3v) is 6.27. The minimum Gasteiger partial charge on any atom is -0.497 e. The number of nitrogens with zero attached hydrogens (tertiary/aromatic N) is 1. The number of carbonyl (C=O) groups is 2. The Morgan fingerprint density at radius 3 is 2.33 bits per heavy atom. The summed E-state index contributed by atoms with van der Waals surface area (Å²) in [7, 11) is 1.67. The second-order valence-corrected chi connectivity index (χ2v) is 9.70. The summed E-state index contributed by atoms with van der Waals surface area (Å²) in [5, 5.41) is 0. The first-order chi connectivity index (χ1) is 14.3. The van der Waals surface area contributed by atoms with Gasteiger partial charge in [0.1, 0.15) is 10.6 Å². The lowest BCUT2D eigenvalue weighted by atomic mass is 9.91. The lowest BCUT2D eigenvalue weighted by molar-refractivity contribution is -0.135. The van der Waals surface area contributed by atoms with Crippen LogP contribution in [0.4, 0.5) is 0 Å². The maximum atomic E-state index is 12.6. The predicted molar refractivity (Wildman–Crippen MR) is 120 cm³/mol. The van der Waals surface area contributed by atoms with Crippen molar-refractivity contribution in [3.8, 4) is 16.2 Å². The predicted octanol–water partition coefficient (Wildman–Crippen LogP) is 4.82. The Morgan fingerprint density at radius 2 is 1.70 bits per heavy atom. The number of amides is 1. The highest BCUT2D eigenvalue weighted by Gasteiger charge is 2.24. The average molecular weight is 430 g/mol. The lowest BCUT2D eigenvalue weighted by Gasteiger charge is -2.26. The Morgan fingerprint density at radius 1 is 1.03 bits per heavy atom. The van der Waals surface area contributed by atoms with E-state index in [4.69, 9.17) is 9.47 Å². The molecular formula is C24H31NO4S. The van der Waals surface area contributed by atoms with Crippen LogP contribution in [0.1, 0.15) is 48.5 Å². The normalized spacial score (nSPS) is 12.5. The van der Waals surface area contributed by atoms with Gasteiger partial charge in [0.2, 0.25) is 0 Å². The molecule has 0 atom stereocenters. The summed E-state index contributed by atoms with van der Waals surface area (Å²) in [6.07, 6.45) is 1.80. The summed E-state index contributed by atoms with van der Waals surface area (Å²) < 4.78 is 10.7. The summed E-state index contributed by atoms with van der Waals surface area (Å²) in [5.41, 5.74) is 3.55. The number of carbonyl (C=O) groups excluding carboxylic acids is 2. The summed E-state index contributed by atoms with van der Waals surface area (Å²) in [6, 6.07) is 7.98. The van der Waals surface area contributed by atoms with Gasteiger partial charge < -0.3 is 14.4 Å². The SMILES string of the molecule is COc1ccc2c(c1)CCc1cc(C(=O)OCC(=O)N(CC(C)C)CC(C)C)sc1-2. The summed E-state index contributed by atoms with van der Waals surface area (Å²) in [4.78, 5) is 28.7. The molecule has 1 heterocycles. The molecule has 0 saturated heterocycles. The molecule has 2 aromatic rings. The molecule has 0 saturated carbocycles. The number of fused-ring (bicyclic) bond motifs is 3. The van der Waals surface area contributed by atoms with E-state index in [0.29, 0.717) is 29.8 Å². The van der Waals surface area contributed by atoms with Gasteiger partial charge in [0.25, 0.3) is 5.91 Å². The van der Waals surface area contributed by atoms with Crippen molar-refractivity contribution in [2.45, 2.75) is 40.5 Å². The first kappa shape index (κ1) is 22.3. The van der Waals surface area contributed by atoms with E-state index < -0.39 is 5.97 Å². The van der Waals surface area contributed by atoms with E-state index >= 15 is 0 Å². The van der Waals surface area contributed by atoms with Crippen LogP contribution in [0.3, 0.4) is 0 Å². The zero-order valence-electron chi connectivity index (χ0n) is 18.5. The molecule has 6 heteroatoms. The molecule has 1 aliphatic rings. The molecule has 1 aromatic carbocycles. The van der Waals surface area contributed by atoms with Crippen molar-refractivity contribution >= 4 is 23.2 Å². The molecule has 0 spiro atoms. The van der Waals surface area contributed by atoms with Gasteiger partial charge in [0, 0.05) is 18.0 Å². The van der Waals surface area contributed by atoms with Gasteiger partial charge in [-0.3, -0.25) is 4.79 Å². The molecule has 3 rings (SSSR count). The zero-order chi connectivity index (χ0) is 21.8. The van der Waals surface area contributed by atoms with E-state index in [2.05, 4.69) is 39.8 Å². The van der Waals surface area contributed by atoms with Crippen molar-refractivity contribution in [2.24, 2.45) is 11.8 Å². The van der Waals surface area contributed by atoms with Gasteiger partial charge in [0.15, 0.2) is 6.61 Å². The smallest absolute Gasteiger partial charge is 0.348 e. The van der Waals surface area contributed by atoms with E-state index in [1.54, 1.807) is 12.0 Å². The monoisotopic (exact) mass is 429 g/mol. The minimum atomic E-state index is -0.424. The Hall–Kier alpha value is -2.34. The molecule has 1 aliphatic carbocycles. The number of thiophene rings is 1. The second-order valence-electron chi connectivity index (χ2n) is 8.65. The summed E-state index contributed by atoms with van der Waals surface area (Å²) >= 11 is 1.44. The van der Waals surface area contributed by atoms with Crippen LogP contribution < -0.4 is 4.74 Å². The molecule has 0 radical (unpaired) electrons. The Bertz CT molecular complexity index is 906. The van der Waals surface area contributed by atoms with E-state index in [-0.39, 0.29) is 12.5 Å². The molecule has 0 fully saturated rings. The van der Waals surface area contributed by atoms with Gasteiger partial charge in [-0.2, -0.15) is 0 Å². The van der Waals surface area contributed by atoms with E-state index in [1.165, 1.54) is 16.9 Å². The number of methoxy groups -OCH3 is 1. The fourth-order valence-corrected chi connectivity index (χ4v) is 4.95. The third kappa shape index (κ3) is 5.22. The number of aryl methyl sites for hydroxylation is 2. The number of hydrogen-bond acceptors (Lipinski definition) is 5. The molecule has 162 valence electrons. The standard InChI is InChI=1S/C24H31NO4S/c1-15(2)12-25(13-16(3)4)22(26)14-29-24(27)21-11-18-7-6-17-10-19(28-5)8-9-20(17)23(18)30-21/h8-11,15-16H,6-7,12-14H2,1-5H3. The van der Waals surface area contributed by atoms with Crippen LogP contribution >= 0.6 is 11.3 Å². The van der Waals surface area contributed by atoms with Crippen molar-refractivity contribution in [1.82, 2.24) is 4.90 Å². The Labute approximate surface area is 183 Å². The van der Waals surface area contributed by atoms with E-state index in [9.17, 15) is 9.59 Å². The number of ether oxygens (including phenoxy) is 2. The third-order valence-electron chi connectivity index (χ3n) is 5.08. The highest BCUT2D eigenvalue weighted by Crippen LogP contribution is 2.41. The number of esters is 1. The van der Waals surface area contributed by atoms with Crippen LogP contribution in [0.2, 0.25) is 0 Å². The largest absolute Gasteiger partial charge is 0.497 e. The van der Waals surface area contributed by atoms with Crippen LogP contribution in [0.5, 0.6) is 5.75 Å². The average Bonchev–Trinajstić information content (AvgIpc) is 3.15. The molecule has 0 N–H and O–H groups in total. The minimum absolute atomic E-state index is 0.135. The van der Waals surface area contributed by atoms with Crippen molar-refractivity contribution in [3.63, 3.8) is 0 Å². The molecule has 5 nitrogen and oxygen atoms in total. The molecule has 1 amide bonds. The topological polar surface area (TPSA) is 55.8 Å². The second kappa shape index (κ2) is 9.65. The van der Waals surface area contributed by atoms with Gasteiger partial charge in [-0.25, -0.2) is 4.79 Å². The van der Waals surface area contributed by atoms with Gasteiger partial charge >= 0.3 is 5.97 Å². The number of benzene rings is 1. The number of rotatable bonds is 8. The van der Waals surface area contributed by atoms with Crippen molar-refractivity contribution in [3.05, 3.63) is 40.3 Å². The lowest BCUT2D eigenvalue weighted by Crippen LogP contribution is -2.39. The first-order valence-corrected chi connectivity index (χ1v) is 11.3. The van der Waals surface area contributed by atoms with Crippen molar-refractivity contribution in [1.29, 1.82) is 0 Å². The van der Waals surface area contributed by atoms with Crippen LogP contribution in [0, 0.1) is 11.8 Å². The molecule has 0 unspecified atom stereocenters. The summed E-state index contributed by atoms with van der Waals surface area (Å²) in [5.74, 6) is 1.02. The van der Waals surface area contributed by atoms with E-state index in [0.717, 1.165) is 34.6 Å². The fraction of sp³-hybridized carbons (Fsp3) is 0.500. The number of hydrogen-bond donors (Lipinski definition) is 0. The molecule has 1 aromatic heterocycles. The Kier molecular flexibility index (Phi) is 7.19. The van der Waals surface area contributed by atoms with Crippen LogP contribution in [-0.4, -0.2) is 43.6 Å². The molecule has 0 aliphatic heterocycles. The molecule has 0 bridgehead atoms. The van der Waals surface area contributed by atoms with Crippen LogP contribution in [0.15, 0.2) is 24.3 Å². The molecule has 30 heavy (non-hydrogen) atoms. The zero-order valence-corrected chi connectivity index (χ0v) is 19.3. The fourth-order valence-electron chi connectivity index (χ4n) is 3.79. The highest BCUT2D eigenvalue weighted by molar-refractivity contribution is 7.17. The van der Waals surface area contributed by atoms with Crippen molar-refractivity contribution < 1.29 is 19.1 Å². The van der Waals surface area contributed by atoms with Gasteiger partial charge in [-0.15, -0.1) is 11.3 Å². The maximum Gasteiger partial charge on any atom is 0.348 e. The van der Waals surface area contributed by atoms with Gasteiger partial charge in [-0.1, -0.05) is 27.7 Å². The first-order valence-electron chi connectivity index (χ1n) is 10.5. The van der Waals surface area contributed by atoms with E-state index in [1.807, 2.05) is 12.1 Å².